The first kappa shape index (κ1) is 18.3. The molecule has 0 spiro atoms. The van der Waals surface area contributed by atoms with Gasteiger partial charge >= 0.3 is 5.97 Å². The molecule has 4 atom stereocenters. The molecule has 4 rings (SSSR count). The van der Waals surface area contributed by atoms with Crippen LogP contribution < -0.4 is 4.74 Å². The molecular formula is C18H18N4O6. The number of carbonyl (C=O) groups excluding carboxylic acids is 1. The molecule has 3 heterocycles. The number of hydrogen-bond donors (Lipinski definition) is 2. The highest BCUT2D eigenvalue weighted by Gasteiger charge is 2.45. The number of rotatable bonds is 5. The minimum Gasteiger partial charge on any atom is -0.479 e. The Labute approximate surface area is 159 Å². The van der Waals surface area contributed by atoms with Crippen LogP contribution in [0.2, 0.25) is 0 Å². The van der Waals surface area contributed by atoms with E-state index in [9.17, 15) is 15.0 Å². The molecule has 1 aromatic carbocycles. The van der Waals surface area contributed by atoms with Gasteiger partial charge in [0.05, 0.1) is 19.0 Å². The van der Waals surface area contributed by atoms with Crippen molar-refractivity contribution in [1.82, 2.24) is 19.5 Å². The second kappa shape index (κ2) is 7.50. The summed E-state index contributed by atoms with van der Waals surface area (Å²) in [5.74, 6) is -0.259. The van der Waals surface area contributed by atoms with Gasteiger partial charge in [0.25, 0.3) is 0 Å². The monoisotopic (exact) mass is 386 g/mol. The standard InChI is InChI=1S/C18H18N4O6/c1-26-16-12-15(19-8-20-16)22(9-21-12)17-14(24)13(23)11(28-17)7-27-18(25)10-5-3-2-4-6-10/h2-6,8-9,11,13-14,17,23-24H,7H2,1H3/t11-,13-,14+,17-/m1/s1. The molecule has 28 heavy (non-hydrogen) atoms. The average Bonchev–Trinajstić information content (AvgIpc) is 3.28. The summed E-state index contributed by atoms with van der Waals surface area (Å²) in [6, 6.07) is 8.47. The molecule has 0 radical (unpaired) electrons. The van der Waals surface area contributed by atoms with Gasteiger partial charge in [0, 0.05) is 0 Å². The summed E-state index contributed by atoms with van der Waals surface area (Å²) in [7, 11) is 1.46. The van der Waals surface area contributed by atoms with E-state index in [4.69, 9.17) is 14.2 Å². The van der Waals surface area contributed by atoms with Crippen molar-refractivity contribution >= 4 is 17.1 Å². The second-order valence-electron chi connectivity index (χ2n) is 6.22. The molecule has 146 valence electrons. The molecule has 10 nitrogen and oxygen atoms in total. The molecule has 0 amide bonds. The van der Waals surface area contributed by atoms with Crippen LogP contribution in [0.1, 0.15) is 16.6 Å². The summed E-state index contributed by atoms with van der Waals surface area (Å²) in [6.45, 7) is -0.215. The molecule has 10 heteroatoms. The number of aliphatic hydroxyl groups excluding tert-OH is 2. The molecule has 1 saturated heterocycles. The van der Waals surface area contributed by atoms with Crippen LogP contribution in [0.25, 0.3) is 11.2 Å². The fourth-order valence-corrected chi connectivity index (χ4v) is 3.08. The molecule has 0 bridgehead atoms. The molecule has 1 aliphatic rings. The predicted octanol–water partition coefficient (Wildman–Crippen LogP) is 0.311. The van der Waals surface area contributed by atoms with Gasteiger partial charge in [-0.05, 0) is 12.1 Å². The van der Waals surface area contributed by atoms with Crippen LogP contribution in [0.5, 0.6) is 5.88 Å². The van der Waals surface area contributed by atoms with E-state index in [0.29, 0.717) is 16.7 Å². The SMILES string of the molecule is COc1ncnc2c1ncn2[C@@H]1O[C@H](COC(=O)c2ccccc2)[C@@H](O)[C@@H]1O. The molecule has 3 aromatic rings. The smallest absolute Gasteiger partial charge is 0.338 e. The minimum absolute atomic E-state index is 0.215. The van der Waals surface area contributed by atoms with E-state index in [-0.39, 0.29) is 12.5 Å². The number of carbonyl (C=O) groups is 1. The number of nitrogens with zero attached hydrogens (tertiary/aromatic N) is 4. The fourth-order valence-electron chi connectivity index (χ4n) is 3.08. The molecule has 0 saturated carbocycles. The van der Waals surface area contributed by atoms with Crippen LogP contribution >= 0.6 is 0 Å². The van der Waals surface area contributed by atoms with Crippen molar-refractivity contribution in [3.8, 4) is 5.88 Å². The van der Waals surface area contributed by atoms with Crippen LogP contribution in [-0.2, 0) is 9.47 Å². The number of esters is 1. The molecular weight excluding hydrogens is 368 g/mol. The Balaban J connectivity index is 1.50. The zero-order valence-electron chi connectivity index (χ0n) is 14.9. The van der Waals surface area contributed by atoms with Crippen LogP contribution in [-0.4, -0.2) is 67.7 Å². The van der Waals surface area contributed by atoms with Crippen molar-refractivity contribution in [1.29, 1.82) is 0 Å². The molecule has 2 N–H and O–H groups in total. The Morgan fingerprint density at radius 2 is 1.96 bits per heavy atom. The third-order valence-corrected chi connectivity index (χ3v) is 4.52. The van der Waals surface area contributed by atoms with Gasteiger partial charge in [0.1, 0.15) is 31.2 Å². The van der Waals surface area contributed by atoms with Crippen molar-refractivity contribution < 1.29 is 29.2 Å². The number of imidazole rings is 1. The fraction of sp³-hybridized carbons (Fsp3) is 0.333. The lowest BCUT2D eigenvalue weighted by atomic mass is 10.1. The molecule has 0 unspecified atom stereocenters. The normalized spacial score (nSPS) is 24.4. The van der Waals surface area contributed by atoms with E-state index in [2.05, 4.69) is 15.0 Å². The van der Waals surface area contributed by atoms with Crippen molar-refractivity contribution in [3.05, 3.63) is 48.5 Å². The van der Waals surface area contributed by atoms with Gasteiger partial charge in [-0.15, -0.1) is 0 Å². The lowest BCUT2D eigenvalue weighted by Crippen LogP contribution is -2.34. The number of benzene rings is 1. The summed E-state index contributed by atoms with van der Waals surface area (Å²) in [5.41, 5.74) is 1.16. The lowest BCUT2D eigenvalue weighted by Gasteiger charge is -2.16. The first-order valence-electron chi connectivity index (χ1n) is 8.55. The number of hydrogen-bond acceptors (Lipinski definition) is 9. The molecule has 1 fully saturated rings. The number of ether oxygens (including phenoxy) is 3. The van der Waals surface area contributed by atoms with E-state index in [1.807, 2.05) is 0 Å². The quantitative estimate of drug-likeness (QED) is 0.595. The van der Waals surface area contributed by atoms with Crippen LogP contribution in [0.3, 0.4) is 0 Å². The van der Waals surface area contributed by atoms with Gasteiger partial charge < -0.3 is 24.4 Å². The minimum atomic E-state index is -1.27. The van der Waals surface area contributed by atoms with Crippen molar-refractivity contribution in [2.24, 2.45) is 0 Å². The van der Waals surface area contributed by atoms with Gasteiger partial charge in [0.15, 0.2) is 17.4 Å². The lowest BCUT2D eigenvalue weighted by molar-refractivity contribution is -0.0565. The van der Waals surface area contributed by atoms with E-state index in [1.54, 1.807) is 30.3 Å². The number of aliphatic hydroxyl groups is 2. The average molecular weight is 386 g/mol. The highest BCUT2D eigenvalue weighted by molar-refractivity contribution is 5.89. The zero-order chi connectivity index (χ0) is 19.7. The Hall–Kier alpha value is -3.08. The van der Waals surface area contributed by atoms with Crippen molar-refractivity contribution in [2.45, 2.75) is 24.5 Å². The highest BCUT2D eigenvalue weighted by atomic mass is 16.6. The van der Waals surface area contributed by atoms with Crippen molar-refractivity contribution in [2.75, 3.05) is 13.7 Å². The summed E-state index contributed by atoms with van der Waals surface area (Å²) < 4.78 is 17.6. The molecule has 1 aliphatic heterocycles. The summed E-state index contributed by atoms with van der Waals surface area (Å²) in [5, 5.41) is 20.8. The maximum atomic E-state index is 12.1. The first-order chi connectivity index (χ1) is 13.6. The van der Waals surface area contributed by atoms with Gasteiger partial charge in [-0.25, -0.2) is 14.8 Å². The van der Waals surface area contributed by atoms with Crippen LogP contribution in [0.15, 0.2) is 43.0 Å². The topological polar surface area (TPSA) is 129 Å². The number of fused-ring (bicyclic) bond motifs is 1. The van der Waals surface area contributed by atoms with Gasteiger partial charge in [-0.2, -0.15) is 4.98 Å². The maximum Gasteiger partial charge on any atom is 0.338 e. The highest BCUT2D eigenvalue weighted by Crippen LogP contribution is 2.32. The molecule has 0 aliphatic carbocycles. The Morgan fingerprint density at radius 3 is 2.71 bits per heavy atom. The third-order valence-electron chi connectivity index (χ3n) is 4.52. The van der Waals surface area contributed by atoms with Gasteiger partial charge in [-0.3, -0.25) is 4.57 Å². The van der Waals surface area contributed by atoms with Gasteiger partial charge in [-0.1, -0.05) is 18.2 Å². The molecule has 2 aromatic heterocycles. The summed E-state index contributed by atoms with van der Waals surface area (Å²) in [6.07, 6.45) is -1.67. The first-order valence-corrected chi connectivity index (χ1v) is 8.55. The predicted molar refractivity (Wildman–Crippen MR) is 94.5 cm³/mol. The third kappa shape index (κ3) is 3.17. The zero-order valence-corrected chi connectivity index (χ0v) is 14.9. The van der Waals surface area contributed by atoms with E-state index in [1.165, 1.54) is 24.3 Å². The number of aromatic nitrogens is 4. The summed E-state index contributed by atoms with van der Waals surface area (Å²) >= 11 is 0. The largest absolute Gasteiger partial charge is 0.479 e. The maximum absolute atomic E-state index is 12.1. The number of methoxy groups -OCH3 is 1. The second-order valence-corrected chi connectivity index (χ2v) is 6.22. The van der Waals surface area contributed by atoms with E-state index in [0.717, 1.165) is 0 Å². The Bertz CT molecular complexity index is 979. The van der Waals surface area contributed by atoms with Crippen molar-refractivity contribution in [3.63, 3.8) is 0 Å². The van der Waals surface area contributed by atoms with Crippen LogP contribution in [0.4, 0.5) is 0 Å². The van der Waals surface area contributed by atoms with E-state index >= 15 is 0 Å². The van der Waals surface area contributed by atoms with E-state index < -0.39 is 30.5 Å². The Morgan fingerprint density at radius 1 is 1.18 bits per heavy atom. The summed E-state index contributed by atoms with van der Waals surface area (Å²) in [4.78, 5) is 24.4. The van der Waals surface area contributed by atoms with Crippen LogP contribution in [0, 0.1) is 0 Å². The van der Waals surface area contributed by atoms with Gasteiger partial charge in [0.2, 0.25) is 5.88 Å². The Kier molecular flexibility index (Phi) is 4.90.